The van der Waals surface area contributed by atoms with Crippen LogP contribution in [0.3, 0.4) is 0 Å². The van der Waals surface area contributed by atoms with Gasteiger partial charge in [0.25, 0.3) is 5.91 Å². The summed E-state index contributed by atoms with van der Waals surface area (Å²) in [5, 5.41) is 12.9. The topological polar surface area (TPSA) is 87.7 Å². The molecular weight excluding hydrogens is 286 g/mol. The van der Waals surface area contributed by atoms with Crippen molar-refractivity contribution in [2.24, 2.45) is 7.05 Å². The highest BCUT2D eigenvalue weighted by Crippen LogP contribution is 2.17. The Bertz CT molecular complexity index is 743. The van der Waals surface area contributed by atoms with Crippen molar-refractivity contribution < 1.29 is 14.3 Å². The predicted molar refractivity (Wildman–Crippen MR) is 83.0 cm³/mol. The number of fused-ring (bicyclic) bond motifs is 1. The molecule has 1 amide bonds. The summed E-state index contributed by atoms with van der Waals surface area (Å²) in [4.78, 5) is 25.7. The Kier molecular flexibility index (Phi) is 4.39. The number of amides is 1. The van der Waals surface area contributed by atoms with Crippen LogP contribution in [0.15, 0.2) is 27.4 Å². The van der Waals surface area contributed by atoms with E-state index < -0.39 is 11.4 Å². The fourth-order valence-corrected chi connectivity index (χ4v) is 2.43. The molecule has 7 nitrogen and oxygen atoms in total. The van der Waals surface area contributed by atoms with Crippen LogP contribution in [0.25, 0.3) is 11.1 Å². The van der Waals surface area contributed by atoms with Gasteiger partial charge in [-0.15, -0.1) is 0 Å². The van der Waals surface area contributed by atoms with Crippen LogP contribution in [0.5, 0.6) is 0 Å². The molecule has 1 unspecified atom stereocenters. The molecule has 0 aliphatic carbocycles. The van der Waals surface area contributed by atoms with E-state index in [-0.39, 0.29) is 23.6 Å². The average molecular weight is 307 g/mol. The number of aromatic nitrogens is 1. The maximum atomic E-state index is 12.3. The smallest absolute Gasteiger partial charge is 0.407 e. The average Bonchev–Trinajstić information content (AvgIpc) is 2.70. The number of para-hydroxylation sites is 1. The Hall–Kier alpha value is -2.12. The Morgan fingerprint density at radius 1 is 1.45 bits per heavy atom. The molecule has 1 atom stereocenters. The molecule has 0 radical (unpaired) electrons. The van der Waals surface area contributed by atoms with Crippen LogP contribution in [0, 0.1) is 0 Å². The molecule has 2 aromatic rings. The van der Waals surface area contributed by atoms with Gasteiger partial charge in [0.05, 0.1) is 16.7 Å². The number of nitrogens with zero attached hydrogens (tertiary/aromatic N) is 2. The summed E-state index contributed by atoms with van der Waals surface area (Å²) in [5.41, 5.74) is 0.0261. The van der Waals surface area contributed by atoms with Gasteiger partial charge in [-0.1, -0.05) is 6.07 Å². The van der Waals surface area contributed by atoms with Crippen molar-refractivity contribution in [1.29, 1.82) is 0 Å². The second-order valence-electron chi connectivity index (χ2n) is 6.00. The molecule has 0 aliphatic heterocycles. The number of carbonyl (C=O) groups excluding carboxylic acids is 1. The zero-order valence-corrected chi connectivity index (χ0v) is 13.2. The van der Waals surface area contributed by atoms with E-state index in [2.05, 4.69) is 5.32 Å². The number of oxazole rings is 1. The van der Waals surface area contributed by atoms with E-state index in [1.54, 1.807) is 32.2 Å². The number of aliphatic hydroxyl groups is 1. The lowest BCUT2D eigenvalue weighted by atomic mass is 10.1. The third-order valence-electron chi connectivity index (χ3n) is 3.35. The summed E-state index contributed by atoms with van der Waals surface area (Å²) in [6.07, 6.45) is 0. The van der Waals surface area contributed by atoms with Crippen molar-refractivity contribution in [1.82, 2.24) is 14.8 Å². The Labute approximate surface area is 128 Å². The van der Waals surface area contributed by atoms with Crippen LogP contribution in [-0.4, -0.2) is 53.3 Å². The molecule has 22 heavy (non-hydrogen) atoms. The van der Waals surface area contributed by atoms with Crippen LogP contribution >= 0.6 is 0 Å². The lowest BCUT2D eigenvalue weighted by Crippen LogP contribution is -2.47. The molecular formula is C15H21N3O4. The zero-order valence-electron chi connectivity index (χ0n) is 13.2. The molecule has 0 bridgehead atoms. The first-order valence-corrected chi connectivity index (χ1v) is 6.95. The van der Waals surface area contributed by atoms with Crippen molar-refractivity contribution in [3.05, 3.63) is 34.3 Å². The van der Waals surface area contributed by atoms with E-state index in [1.807, 2.05) is 19.0 Å². The fraction of sp³-hybridized carbons (Fsp3) is 0.467. The van der Waals surface area contributed by atoms with Gasteiger partial charge >= 0.3 is 5.76 Å². The SMILES string of the molecule is CN(C)CC(C)(O)CNC(=O)c1cccc2c1oc(=O)n2C. The first-order chi connectivity index (χ1) is 10.2. The van der Waals surface area contributed by atoms with Crippen molar-refractivity contribution >= 4 is 17.0 Å². The minimum Gasteiger partial charge on any atom is -0.407 e. The molecule has 2 rings (SSSR count). The maximum absolute atomic E-state index is 12.3. The number of aryl methyl sites for hydroxylation is 1. The number of hydrogen-bond donors (Lipinski definition) is 2. The monoisotopic (exact) mass is 307 g/mol. The number of rotatable bonds is 5. The Morgan fingerprint density at radius 3 is 2.77 bits per heavy atom. The van der Waals surface area contributed by atoms with Crippen molar-refractivity contribution in [2.75, 3.05) is 27.2 Å². The molecule has 0 saturated heterocycles. The second kappa shape index (κ2) is 5.94. The van der Waals surface area contributed by atoms with Gasteiger partial charge in [0.2, 0.25) is 0 Å². The quantitative estimate of drug-likeness (QED) is 0.822. The summed E-state index contributed by atoms with van der Waals surface area (Å²) in [7, 11) is 5.27. The molecule has 2 N–H and O–H groups in total. The summed E-state index contributed by atoms with van der Waals surface area (Å²) in [6.45, 7) is 2.16. The van der Waals surface area contributed by atoms with E-state index in [9.17, 15) is 14.7 Å². The van der Waals surface area contributed by atoms with Crippen LogP contribution in [0.4, 0.5) is 0 Å². The molecule has 0 aliphatic rings. The minimum absolute atomic E-state index is 0.0947. The molecule has 7 heteroatoms. The van der Waals surface area contributed by atoms with Gasteiger partial charge < -0.3 is 19.7 Å². The summed E-state index contributed by atoms with van der Waals surface area (Å²) in [5.74, 6) is -0.908. The lowest BCUT2D eigenvalue weighted by Gasteiger charge is -2.27. The van der Waals surface area contributed by atoms with Crippen LogP contribution in [-0.2, 0) is 7.05 Å². The van der Waals surface area contributed by atoms with Gasteiger partial charge in [-0.3, -0.25) is 9.36 Å². The Balaban J connectivity index is 2.21. The molecule has 1 aromatic heterocycles. The highest BCUT2D eigenvalue weighted by Gasteiger charge is 2.23. The first kappa shape index (κ1) is 16.3. The fourth-order valence-electron chi connectivity index (χ4n) is 2.43. The Morgan fingerprint density at radius 2 is 2.14 bits per heavy atom. The minimum atomic E-state index is -1.05. The molecule has 0 fully saturated rings. The second-order valence-corrected chi connectivity index (χ2v) is 6.00. The van der Waals surface area contributed by atoms with E-state index in [1.165, 1.54) is 4.57 Å². The molecule has 1 aromatic carbocycles. The first-order valence-electron chi connectivity index (χ1n) is 6.95. The van der Waals surface area contributed by atoms with Crippen molar-refractivity contribution in [3.8, 4) is 0 Å². The highest BCUT2D eigenvalue weighted by atomic mass is 16.4. The van der Waals surface area contributed by atoms with Crippen LogP contribution in [0.2, 0.25) is 0 Å². The van der Waals surface area contributed by atoms with E-state index in [0.29, 0.717) is 12.1 Å². The predicted octanol–water partition coefficient (Wildman–Crippen LogP) is 0.174. The number of nitrogens with one attached hydrogen (secondary N) is 1. The number of carbonyl (C=O) groups is 1. The van der Waals surface area contributed by atoms with E-state index >= 15 is 0 Å². The summed E-state index contributed by atoms with van der Waals surface area (Å²) in [6, 6.07) is 4.98. The van der Waals surface area contributed by atoms with Crippen LogP contribution < -0.4 is 11.1 Å². The van der Waals surface area contributed by atoms with Gasteiger partial charge in [-0.2, -0.15) is 0 Å². The number of hydrogen-bond acceptors (Lipinski definition) is 5. The third-order valence-corrected chi connectivity index (χ3v) is 3.35. The van der Waals surface area contributed by atoms with Crippen molar-refractivity contribution in [2.45, 2.75) is 12.5 Å². The van der Waals surface area contributed by atoms with Gasteiger partial charge in [0.1, 0.15) is 0 Å². The van der Waals surface area contributed by atoms with Gasteiger partial charge in [0.15, 0.2) is 5.58 Å². The van der Waals surface area contributed by atoms with Gasteiger partial charge in [0, 0.05) is 20.1 Å². The summed E-state index contributed by atoms with van der Waals surface area (Å²) < 4.78 is 6.46. The van der Waals surface area contributed by atoms with Gasteiger partial charge in [-0.05, 0) is 33.2 Å². The molecule has 1 heterocycles. The molecule has 0 saturated carbocycles. The van der Waals surface area contributed by atoms with Crippen molar-refractivity contribution in [3.63, 3.8) is 0 Å². The summed E-state index contributed by atoms with van der Waals surface area (Å²) >= 11 is 0. The third kappa shape index (κ3) is 3.37. The maximum Gasteiger partial charge on any atom is 0.419 e. The lowest BCUT2D eigenvalue weighted by molar-refractivity contribution is 0.0326. The van der Waals surface area contributed by atoms with Crippen LogP contribution in [0.1, 0.15) is 17.3 Å². The molecule has 0 spiro atoms. The zero-order chi connectivity index (χ0) is 16.5. The highest BCUT2D eigenvalue weighted by molar-refractivity contribution is 6.04. The largest absolute Gasteiger partial charge is 0.419 e. The standard InChI is InChI=1S/C15H21N3O4/c1-15(21,9-17(2)3)8-16-13(19)10-6-5-7-11-12(10)22-14(20)18(11)4/h5-7,21H,8-9H2,1-4H3,(H,16,19). The van der Waals surface area contributed by atoms with Gasteiger partial charge in [-0.25, -0.2) is 4.79 Å². The van der Waals surface area contributed by atoms with E-state index in [0.717, 1.165) is 0 Å². The normalized spacial score (nSPS) is 14.3. The number of likely N-dealkylation sites (N-methyl/N-ethyl adjacent to an activating group) is 1. The molecule has 120 valence electrons. The van der Waals surface area contributed by atoms with E-state index in [4.69, 9.17) is 4.42 Å². The number of benzene rings is 1.